The fourth-order valence-electron chi connectivity index (χ4n) is 2.59. The third-order valence-electron chi connectivity index (χ3n) is 3.52. The Balaban J connectivity index is 2.33. The maximum Gasteiger partial charge on any atom is 0.317 e. The predicted molar refractivity (Wildman–Crippen MR) is 72.0 cm³/mol. The van der Waals surface area contributed by atoms with E-state index in [0.717, 1.165) is 23.4 Å². The Bertz CT molecular complexity index is 467. The zero-order valence-electron chi connectivity index (χ0n) is 11.8. The Hall–Kier alpha value is -1.56. The van der Waals surface area contributed by atoms with Crippen molar-refractivity contribution in [1.82, 2.24) is 20.0 Å². The molecule has 1 aliphatic rings. The molecule has 6 nitrogen and oxygen atoms in total. The monoisotopic (exact) mass is 266 g/mol. The highest BCUT2D eigenvalue weighted by Gasteiger charge is 2.27. The first-order valence-electron chi connectivity index (χ1n) is 6.74. The van der Waals surface area contributed by atoms with Gasteiger partial charge in [0.25, 0.3) is 0 Å². The van der Waals surface area contributed by atoms with Crippen LogP contribution in [0.15, 0.2) is 0 Å². The second-order valence-corrected chi connectivity index (χ2v) is 5.14. The number of rotatable bonds is 3. The van der Waals surface area contributed by atoms with Crippen molar-refractivity contribution in [2.75, 3.05) is 20.2 Å². The van der Waals surface area contributed by atoms with E-state index in [-0.39, 0.29) is 12.6 Å². The van der Waals surface area contributed by atoms with Crippen molar-refractivity contribution >= 4 is 6.03 Å². The summed E-state index contributed by atoms with van der Waals surface area (Å²) in [7, 11) is 1.65. The van der Waals surface area contributed by atoms with Crippen LogP contribution in [0.3, 0.4) is 0 Å². The van der Waals surface area contributed by atoms with Crippen molar-refractivity contribution < 1.29 is 9.90 Å². The van der Waals surface area contributed by atoms with Crippen molar-refractivity contribution in [2.24, 2.45) is 0 Å². The summed E-state index contributed by atoms with van der Waals surface area (Å²) in [6.07, 6.45) is 0.794. The normalized spacial score (nSPS) is 14.7. The number of aromatic nitrogens is 2. The molecule has 0 unspecified atom stereocenters. The number of hydrogen-bond donors (Lipinski definition) is 2. The summed E-state index contributed by atoms with van der Waals surface area (Å²) in [6, 6.07) is -0.0461. The summed E-state index contributed by atoms with van der Waals surface area (Å²) in [4.78, 5) is 13.5. The Morgan fingerprint density at radius 1 is 1.53 bits per heavy atom. The molecule has 2 amide bonds. The summed E-state index contributed by atoms with van der Waals surface area (Å²) in [5.74, 6) is 0.318. The first kappa shape index (κ1) is 13.9. The molecular weight excluding hydrogens is 244 g/mol. The molecule has 0 bridgehead atoms. The van der Waals surface area contributed by atoms with Gasteiger partial charge >= 0.3 is 6.03 Å². The fraction of sp³-hybridized carbons (Fsp3) is 0.692. The molecule has 2 rings (SSSR count). The first-order valence-corrected chi connectivity index (χ1v) is 6.74. The number of hydrogen-bond acceptors (Lipinski definition) is 3. The lowest BCUT2D eigenvalue weighted by Gasteiger charge is -2.27. The van der Waals surface area contributed by atoms with E-state index in [1.165, 1.54) is 0 Å². The van der Waals surface area contributed by atoms with Crippen LogP contribution in [-0.2, 0) is 19.5 Å². The van der Waals surface area contributed by atoms with Gasteiger partial charge in [-0.05, 0) is 5.92 Å². The summed E-state index contributed by atoms with van der Waals surface area (Å²) in [6.45, 7) is 6.12. The van der Waals surface area contributed by atoms with Gasteiger partial charge in [-0.15, -0.1) is 0 Å². The van der Waals surface area contributed by atoms with Gasteiger partial charge in [0.15, 0.2) is 0 Å². The molecule has 0 spiro atoms. The summed E-state index contributed by atoms with van der Waals surface area (Å²) in [5, 5.41) is 16.4. The van der Waals surface area contributed by atoms with Gasteiger partial charge in [-0.25, -0.2) is 4.79 Å². The van der Waals surface area contributed by atoms with Crippen LogP contribution in [0, 0.1) is 0 Å². The number of urea groups is 1. The molecular formula is C13H22N4O2. The van der Waals surface area contributed by atoms with Crippen LogP contribution < -0.4 is 5.32 Å². The summed E-state index contributed by atoms with van der Waals surface area (Å²) < 4.78 is 1.89. The van der Waals surface area contributed by atoms with E-state index in [1.807, 2.05) is 4.68 Å². The molecule has 0 saturated heterocycles. The van der Waals surface area contributed by atoms with Crippen molar-refractivity contribution in [3.05, 3.63) is 17.0 Å². The average molecular weight is 266 g/mol. The van der Waals surface area contributed by atoms with Crippen LogP contribution in [0.4, 0.5) is 4.79 Å². The number of aliphatic hydroxyl groups excluding tert-OH is 1. The molecule has 2 N–H and O–H groups in total. The van der Waals surface area contributed by atoms with E-state index in [1.54, 1.807) is 11.9 Å². The molecule has 0 radical (unpaired) electrons. The van der Waals surface area contributed by atoms with Gasteiger partial charge in [-0.1, -0.05) is 13.8 Å². The van der Waals surface area contributed by atoms with Gasteiger partial charge in [0.1, 0.15) is 0 Å². The lowest BCUT2D eigenvalue weighted by molar-refractivity contribution is 0.193. The minimum absolute atomic E-state index is 0.0461. The summed E-state index contributed by atoms with van der Waals surface area (Å²) in [5.41, 5.74) is 3.35. The Morgan fingerprint density at radius 2 is 2.26 bits per heavy atom. The van der Waals surface area contributed by atoms with Gasteiger partial charge in [0.05, 0.1) is 25.4 Å². The van der Waals surface area contributed by atoms with Gasteiger partial charge in [0, 0.05) is 31.3 Å². The van der Waals surface area contributed by atoms with Crippen LogP contribution in [0.25, 0.3) is 0 Å². The van der Waals surface area contributed by atoms with E-state index >= 15 is 0 Å². The molecule has 0 fully saturated rings. The van der Waals surface area contributed by atoms with Gasteiger partial charge in [-0.2, -0.15) is 5.10 Å². The van der Waals surface area contributed by atoms with E-state index in [0.29, 0.717) is 25.6 Å². The summed E-state index contributed by atoms with van der Waals surface area (Å²) >= 11 is 0. The number of carbonyl (C=O) groups is 1. The van der Waals surface area contributed by atoms with Crippen LogP contribution in [0.2, 0.25) is 0 Å². The first-order chi connectivity index (χ1) is 9.08. The molecule has 6 heteroatoms. The second-order valence-electron chi connectivity index (χ2n) is 5.14. The highest BCUT2D eigenvalue weighted by Crippen LogP contribution is 2.27. The van der Waals surface area contributed by atoms with Gasteiger partial charge in [-0.3, -0.25) is 4.68 Å². The number of aliphatic hydroxyl groups is 1. The Labute approximate surface area is 113 Å². The van der Waals surface area contributed by atoms with Gasteiger partial charge < -0.3 is 15.3 Å². The molecule has 2 heterocycles. The second kappa shape index (κ2) is 5.61. The van der Waals surface area contributed by atoms with Crippen molar-refractivity contribution in [2.45, 2.75) is 39.3 Å². The molecule has 0 saturated carbocycles. The molecule has 1 aromatic heterocycles. The zero-order chi connectivity index (χ0) is 14.0. The third kappa shape index (κ3) is 2.58. The number of carbonyl (C=O) groups excluding carboxylic acids is 1. The van der Waals surface area contributed by atoms with E-state index in [9.17, 15) is 4.79 Å². The molecule has 0 aliphatic carbocycles. The number of nitrogens with zero attached hydrogens (tertiary/aromatic N) is 3. The lowest BCUT2D eigenvalue weighted by atomic mass is 9.99. The van der Waals surface area contributed by atoms with E-state index in [4.69, 9.17) is 5.11 Å². The van der Waals surface area contributed by atoms with Crippen molar-refractivity contribution in [3.63, 3.8) is 0 Å². The maximum absolute atomic E-state index is 11.7. The van der Waals surface area contributed by atoms with Crippen LogP contribution >= 0.6 is 0 Å². The molecule has 1 aliphatic heterocycles. The average Bonchev–Trinajstić information content (AvgIpc) is 2.76. The van der Waals surface area contributed by atoms with Crippen molar-refractivity contribution in [1.29, 1.82) is 0 Å². The minimum atomic E-state index is -0.0461. The fourth-order valence-corrected chi connectivity index (χ4v) is 2.59. The van der Waals surface area contributed by atoms with Crippen LogP contribution in [-0.4, -0.2) is 46.0 Å². The highest BCUT2D eigenvalue weighted by atomic mass is 16.3. The quantitative estimate of drug-likeness (QED) is 0.846. The Kier molecular flexibility index (Phi) is 4.09. The van der Waals surface area contributed by atoms with E-state index < -0.39 is 0 Å². The predicted octanol–water partition coefficient (Wildman–Crippen LogP) is 0.696. The molecule has 0 aromatic carbocycles. The largest absolute Gasteiger partial charge is 0.394 e. The smallest absolute Gasteiger partial charge is 0.317 e. The zero-order valence-corrected chi connectivity index (χ0v) is 11.8. The number of amides is 2. The van der Waals surface area contributed by atoms with Gasteiger partial charge in [0.2, 0.25) is 0 Å². The SMILES string of the molecule is CNC(=O)N1CCc2c(c(C(C)C)nn2CCO)C1. The minimum Gasteiger partial charge on any atom is -0.394 e. The van der Waals surface area contributed by atoms with E-state index in [2.05, 4.69) is 24.3 Å². The number of fused-ring (bicyclic) bond motifs is 1. The Morgan fingerprint density at radius 3 is 2.84 bits per heavy atom. The third-order valence-corrected chi connectivity index (χ3v) is 3.52. The highest BCUT2D eigenvalue weighted by molar-refractivity contribution is 5.74. The maximum atomic E-state index is 11.7. The lowest BCUT2D eigenvalue weighted by Crippen LogP contribution is -2.41. The van der Waals surface area contributed by atoms with Crippen LogP contribution in [0.5, 0.6) is 0 Å². The standard InChI is InChI=1S/C13H22N4O2/c1-9(2)12-10-8-16(13(19)14-3)5-4-11(10)17(15-12)6-7-18/h9,18H,4-8H2,1-3H3,(H,14,19). The molecule has 1 aromatic rings. The molecule has 106 valence electrons. The molecule has 19 heavy (non-hydrogen) atoms. The molecule has 0 atom stereocenters. The van der Waals surface area contributed by atoms with Crippen LogP contribution in [0.1, 0.15) is 36.7 Å². The topological polar surface area (TPSA) is 70.4 Å². The number of nitrogens with one attached hydrogen (secondary N) is 1. The van der Waals surface area contributed by atoms with Crippen molar-refractivity contribution in [3.8, 4) is 0 Å².